The number of aromatic nitrogens is 1. The molecular weight excluding hydrogens is 276 g/mol. The van der Waals surface area contributed by atoms with Crippen LogP contribution in [0.15, 0.2) is 34.2 Å². The fourth-order valence-corrected chi connectivity index (χ4v) is 2.43. The van der Waals surface area contributed by atoms with Gasteiger partial charge in [0.25, 0.3) is 5.91 Å². The van der Waals surface area contributed by atoms with Crippen molar-refractivity contribution < 1.29 is 10.0 Å². The third kappa shape index (κ3) is 3.12. The van der Waals surface area contributed by atoms with Gasteiger partial charge in [0.1, 0.15) is 5.69 Å². The van der Waals surface area contributed by atoms with Gasteiger partial charge in [0, 0.05) is 18.3 Å². The van der Waals surface area contributed by atoms with Crippen LogP contribution in [0, 0.1) is 6.92 Å². The van der Waals surface area contributed by atoms with E-state index in [2.05, 4.69) is 15.5 Å². The SMILES string of the molecule is Cc1cscc1CNC(=O)c1ccc(/C(N)=N/O)cn1. The predicted molar refractivity (Wildman–Crippen MR) is 77.0 cm³/mol. The molecule has 0 atom stereocenters. The lowest BCUT2D eigenvalue weighted by molar-refractivity contribution is 0.0946. The second-order valence-electron chi connectivity index (χ2n) is 4.18. The lowest BCUT2D eigenvalue weighted by atomic mass is 10.2. The topological polar surface area (TPSA) is 101 Å². The summed E-state index contributed by atoms with van der Waals surface area (Å²) in [6.45, 7) is 2.47. The summed E-state index contributed by atoms with van der Waals surface area (Å²) in [4.78, 5) is 15.9. The van der Waals surface area contributed by atoms with Crippen LogP contribution in [0.3, 0.4) is 0 Å². The smallest absolute Gasteiger partial charge is 0.270 e. The lowest BCUT2D eigenvalue weighted by Crippen LogP contribution is -2.24. The fourth-order valence-electron chi connectivity index (χ4n) is 1.57. The number of rotatable bonds is 4. The van der Waals surface area contributed by atoms with Gasteiger partial charge < -0.3 is 16.3 Å². The molecule has 2 rings (SSSR count). The molecule has 6 nitrogen and oxygen atoms in total. The van der Waals surface area contributed by atoms with E-state index in [1.54, 1.807) is 17.4 Å². The molecule has 0 fully saturated rings. The van der Waals surface area contributed by atoms with Gasteiger partial charge in [-0.05, 0) is 40.9 Å². The van der Waals surface area contributed by atoms with Crippen LogP contribution in [0.4, 0.5) is 0 Å². The quantitative estimate of drug-likeness (QED) is 0.343. The van der Waals surface area contributed by atoms with Crippen LogP contribution in [0.25, 0.3) is 0 Å². The lowest BCUT2D eigenvalue weighted by Gasteiger charge is -2.05. The average molecular weight is 290 g/mol. The van der Waals surface area contributed by atoms with Crippen LogP contribution < -0.4 is 11.1 Å². The van der Waals surface area contributed by atoms with Crippen LogP contribution in [-0.4, -0.2) is 21.9 Å². The summed E-state index contributed by atoms with van der Waals surface area (Å²) in [6.07, 6.45) is 1.39. The maximum Gasteiger partial charge on any atom is 0.270 e. The Morgan fingerprint density at radius 3 is 2.85 bits per heavy atom. The van der Waals surface area contributed by atoms with Crippen LogP contribution >= 0.6 is 11.3 Å². The van der Waals surface area contributed by atoms with E-state index in [1.807, 2.05) is 17.7 Å². The third-order valence-electron chi connectivity index (χ3n) is 2.80. The van der Waals surface area contributed by atoms with Crippen LogP contribution in [0.5, 0.6) is 0 Å². The van der Waals surface area contributed by atoms with Gasteiger partial charge in [-0.1, -0.05) is 5.16 Å². The van der Waals surface area contributed by atoms with Crippen LogP contribution in [0.2, 0.25) is 0 Å². The minimum absolute atomic E-state index is 0.0432. The minimum Gasteiger partial charge on any atom is -0.409 e. The van der Waals surface area contributed by atoms with Crippen molar-refractivity contribution in [3.8, 4) is 0 Å². The highest BCUT2D eigenvalue weighted by molar-refractivity contribution is 7.08. The normalized spacial score (nSPS) is 11.3. The van der Waals surface area contributed by atoms with Crippen molar-refractivity contribution in [1.29, 1.82) is 0 Å². The minimum atomic E-state index is -0.262. The van der Waals surface area contributed by atoms with Gasteiger partial charge in [-0.3, -0.25) is 9.78 Å². The molecule has 0 saturated heterocycles. The molecule has 0 unspecified atom stereocenters. The predicted octanol–water partition coefficient (Wildman–Crippen LogP) is 1.48. The number of amides is 1. The molecule has 1 amide bonds. The van der Waals surface area contributed by atoms with E-state index < -0.39 is 0 Å². The summed E-state index contributed by atoms with van der Waals surface area (Å²) in [5.74, 6) is -0.306. The second-order valence-corrected chi connectivity index (χ2v) is 4.92. The number of hydrogen-bond donors (Lipinski definition) is 3. The largest absolute Gasteiger partial charge is 0.409 e. The molecule has 2 aromatic heterocycles. The van der Waals surface area contributed by atoms with E-state index in [0.717, 1.165) is 11.1 Å². The summed E-state index contributed by atoms with van der Waals surface area (Å²) in [6, 6.07) is 3.11. The molecular formula is C13H14N4O2S. The van der Waals surface area contributed by atoms with Gasteiger partial charge >= 0.3 is 0 Å². The van der Waals surface area contributed by atoms with E-state index in [1.165, 1.54) is 12.3 Å². The Morgan fingerprint density at radius 2 is 2.30 bits per heavy atom. The van der Waals surface area contributed by atoms with E-state index in [-0.39, 0.29) is 17.4 Å². The summed E-state index contributed by atoms with van der Waals surface area (Å²) in [5, 5.41) is 18.2. The number of nitrogens with zero attached hydrogens (tertiary/aromatic N) is 2. The first-order valence-corrected chi connectivity index (χ1v) is 6.80. The van der Waals surface area contributed by atoms with Gasteiger partial charge in [-0.15, -0.1) is 0 Å². The molecule has 0 radical (unpaired) electrons. The van der Waals surface area contributed by atoms with Crippen LogP contribution in [-0.2, 0) is 6.54 Å². The maximum atomic E-state index is 11.9. The number of amidine groups is 1. The van der Waals surface area contributed by atoms with E-state index >= 15 is 0 Å². The fraction of sp³-hybridized carbons (Fsp3) is 0.154. The first-order valence-electron chi connectivity index (χ1n) is 5.85. The number of oxime groups is 1. The number of carbonyl (C=O) groups excluding carboxylic acids is 1. The molecule has 2 heterocycles. The third-order valence-corrected chi connectivity index (χ3v) is 3.71. The van der Waals surface area contributed by atoms with E-state index in [4.69, 9.17) is 10.9 Å². The Kier molecular flexibility index (Phi) is 4.31. The number of aryl methyl sites for hydroxylation is 1. The molecule has 0 aromatic carbocycles. The molecule has 2 aromatic rings. The van der Waals surface area contributed by atoms with Crippen molar-refractivity contribution in [2.75, 3.05) is 0 Å². The van der Waals surface area contributed by atoms with Gasteiger partial charge in [-0.2, -0.15) is 11.3 Å². The average Bonchev–Trinajstić information content (AvgIpc) is 2.89. The first kappa shape index (κ1) is 14.0. The van der Waals surface area contributed by atoms with E-state index in [9.17, 15) is 4.79 Å². The zero-order valence-corrected chi connectivity index (χ0v) is 11.6. The molecule has 7 heteroatoms. The van der Waals surface area contributed by atoms with Crippen molar-refractivity contribution >= 4 is 23.1 Å². The first-order chi connectivity index (χ1) is 9.61. The van der Waals surface area contributed by atoms with Gasteiger partial charge in [0.05, 0.1) is 0 Å². The number of nitrogens with two attached hydrogens (primary N) is 1. The molecule has 0 aliphatic rings. The van der Waals surface area contributed by atoms with Crippen molar-refractivity contribution in [3.63, 3.8) is 0 Å². The maximum absolute atomic E-state index is 11.9. The monoisotopic (exact) mass is 290 g/mol. The molecule has 104 valence electrons. The summed E-state index contributed by atoms with van der Waals surface area (Å²) in [7, 11) is 0. The van der Waals surface area contributed by atoms with Gasteiger partial charge in [-0.25, -0.2) is 0 Å². The van der Waals surface area contributed by atoms with Crippen molar-refractivity contribution in [3.05, 3.63) is 51.5 Å². The molecule has 0 saturated carbocycles. The van der Waals surface area contributed by atoms with Crippen molar-refractivity contribution in [2.45, 2.75) is 13.5 Å². The molecule has 4 N–H and O–H groups in total. The zero-order chi connectivity index (χ0) is 14.5. The highest BCUT2D eigenvalue weighted by Gasteiger charge is 2.09. The summed E-state index contributed by atoms with van der Waals surface area (Å²) >= 11 is 1.60. The summed E-state index contributed by atoms with van der Waals surface area (Å²) < 4.78 is 0. The Labute approximate surface area is 120 Å². The highest BCUT2D eigenvalue weighted by Crippen LogP contribution is 2.13. The standard InChI is InChI=1S/C13H14N4O2S/c1-8-6-20-7-10(8)5-16-13(18)11-3-2-9(4-15-11)12(14)17-19/h2-4,6-7,19H,5H2,1H3,(H2,14,17)(H,16,18). The Bertz CT molecular complexity index is 634. The Morgan fingerprint density at radius 1 is 1.50 bits per heavy atom. The number of hydrogen-bond acceptors (Lipinski definition) is 5. The van der Waals surface area contributed by atoms with Gasteiger partial charge in [0.2, 0.25) is 0 Å². The highest BCUT2D eigenvalue weighted by atomic mass is 32.1. The molecule has 0 spiro atoms. The second kappa shape index (κ2) is 6.16. The molecule has 0 aliphatic heterocycles. The number of carbonyl (C=O) groups is 1. The van der Waals surface area contributed by atoms with Crippen molar-refractivity contribution in [2.24, 2.45) is 10.9 Å². The number of nitrogens with one attached hydrogen (secondary N) is 1. The molecule has 0 bridgehead atoms. The van der Waals surface area contributed by atoms with Crippen LogP contribution in [0.1, 0.15) is 27.2 Å². The zero-order valence-electron chi connectivity index (χ0n) is 10.8. The summed E-state index contributed by atoms with van der Waals surface area (Å²) in [5.41, 5.74) is 8.41. The number of pyridine rings is 1. The van der Waals surface area contributed by atoms with E-state index in [0.29, 0.717) is 12.1 Å². The molecule has 20 heavy (non-hydrogen) atoms. The Balaban J connectivity index is 2.01. The van der Waals surface area contributed by atoms with Crippen molar-refractivity contribution in [1.82, 2.24) is 10.3 Å². The number of thiophene rings is 1. The van der Waals surface area contributed by atoms with Gasteiger partial charge in [0.15, 0.2) is 5.84 Å². The molecule has 0 aliphatic carbocycles. The Hall–Kier alpha value is -2.41.